The van der Waals surface area contributed by atoms with Gasteiger partial charge in [0.15, 0.2) is 0 Å². The highest BCUT2D eigenvalue weighted by molar-refractivity contribution is 7.09. The molecular weight excluding hydrogens is 310 g/mol. The lowest BCUT2D eigenvalue weighted by Gasteiger charge is -2.23. The van der Waals surface area contributed by atoms with E-state index in [4.69, 9.17) is 4.74 Å². The standard InChI is InChI=1S/C16H21N5OS/c1-12-19-14(10-23-12)8-21-6-3-16(11-21)7-13(9-22-16)20-15-17-4-2-5-18-15/h2,4-5,10,13H,3,6-9,11H2,1H3,(H,17,18,20). The summed E-state index contributed by atoms with van der Waals surface area (Å²) in [7, 11) is 0. The van der Waals surface area contributed by atoms with E-state index in [1.54, 1.807) is 23.7 Å². The highest BCUT2D eigenvalue weighted by Crippen LogP contribution is 2.36. The Labute approximate surface area is 139 Å². The second-order valence-corrected chi connectivity index (χ2v) is 7.49. The number of likely N-dealkylation sites (tertiary alicyclic amines) is 1. The van der Waals surface area contributed by atoms with Crippen molar-refractivity contribution in [2.45, 2.75) is 38.0 Å². The molecule has 2 unspecified atom stereocenters. The molecule has 0 aliphatic carbocycles. The van der Waals surface area contributed by atoms with Crippen LogP contribution < -0.4 is 5.32 Å². The molecule has 2 aliphatic heterocycles. The Balaban J connectivity index is 1.34. The van der Waals surface area contributed by atoms with Gasteiger partial charge in [-0.2, -0.15) is 0 Å². The average molecular weight is 331 g/mol. The van der Waals surface area contributed by atoms with Crippen LogP contribution in [0.2, 0.25) is 0 Å². The molecule has 4 heterocycles. The topological polar surface area (TPSA) is 63.2 Å². The smallest absolute Gasteiger partial charge is 0.222 e. The number of rotatable bonds is 4. The van der Waals surface area contributed by atoms with E-state index in [9.17, 15) is 0 Å². The number of aryl methyl sites for hydroxylation is 1. The van der Waals surface area contributed by atoms with Gasteiger partial charge in [0.2, 0.25) is 5.95 Å². The van der Waals surface area contributed by atoms with Crippen LogP contribution in [0.4, 0.5) is 5.95 Å². The lowest BCUT2D eigenvalue weighted by molar-refractivity contribution is 0.0119. The fraction of sp³-hybridized carbons (Fsp3) is 0.562. The summed E-state index contributed by atoms with van der Waals surface area (Å²) in [6.07, 6.45) is 5.61. The van der Waals surface area contributed by atoms with Crippen molar-refractivity contribution in [2.75, 3.05) is 25.0 Å². The summed E-state index contributed by atoms with van der Waals surface area (Å²) in [6.45, 7) is 5.77. The van der Waals surface area contributed by atoms with Gasteiger partial charge >= 0.3 is 0 Å². The average Bonchev–Trinajstić information content (AvgIpc) is 3.24. The van der Waals surface area contributed by atoms with Crippen molar-refractivity contribution in [3.05, 3.63) is 34.5 Å². The second kappa shape index (κ2) is 6.14. The number of nitrogens with one attached hydrogen (secondary N) is 1. The van der Waals surface area contributed by atoms with Crippen molar-refractivity contribution in [1.82, 2.24) is 19.9 Å². The largest absolute Gasteiger partial charge is 0.371 e. The minimum Gasteiger partial charge on any atom is -0.371 e. The summed E-state index contributed by atoms with van der Waals surface area (Å²) in [4.78, 5) is 15.5. The molecule has 0 saturated carbocycles. The first-order chi connectivity index (χ1) is 11.2. The SMILES string of the molecule is Cc1nc(CN2CCC3(CC(Nc4ncccn4)CO3)C2)cs1. The van der Waals surface area contributed by atoms with E-state index in [1.165, 1.54) is 5.69 Å². The van der Waals surface area contributed by atoms with Crippen LogP contribution >= 0.6 is 11.3 Å². The van der Waals surface area contributed by atoms with Crippen LogP contribution in [0.1, 0.15) is 23.5 Å². The predicted molar refractivity (Wildman–Crippen MR) is 89.5 cm³/mol. The number of hydrogen-bond acceptors (Lipinski definition) is 7. The highest BCUT2D eigenvalue weighted by Gasteiger charge is 2.45. The maximum absolute atomic E-state index is 6.18. The molecule has 2 fully saturated rings. The zero-order valence-electron chi connectivity index (χ0n) is 13.2. The Morgan fingerprint density at radius 2 is 2.30 bits per heavy atom. The number of aromatic nitrogens is 3. The maximum Gasteiger partial charge on any atom is 0.222 e. The van der Waals surface area contributed by atoms with Crippen LogP contribution in [0.15, 0.2) is 23.8 Å². The van der Waals surface area contributed by atoms with E-state index in [0.29, 0.717) is 12.0 Å². The molecule has 0 aromatic carbocycles. The Bertz CT molecular complexity index is 664. The molecule has 23 heavy (non-hydrogen) atoms. The molecule has 122 valence electrons. The van der Waals surface area contributed by atoms with Gasteiger partial charge in [-0.25, -0.2) is 15.0 Å². The Morgan fingerprint density at radius 1 is 1.43 bits per heavy atom. The van der Waals surface area contributed by atoms with Gasteiger partial charge in [-0.05, 0) is 19.4 Å². The summed E-state index contributed by atoms with van der Waals surface area (Å²) >= 11 is 1.72. The molecule has 2 saturated heterocycles. The van der Waals surface area contributed by atoms with Gasteiger partial charge < -0.3 is 10.1 Å². The van der Waals surface area contributed by atoms with E-state index in [1.807, 2.05) is 6.07 Å². The Hall–Kier alpha value is -1.57. The molecule has 1 N–H and O–H groups in total. The summed E-state index contributed by atoms with van der Waals surface area (Å²) in [5, 5.41) is 6.68. The highest BCUT2D eigenvalue weighted by atomic mass is 32.1. The van der Waals surface area contributed by atoms with Gasteiger partial charge in [-0.3, -0.25) is 4.90 Å². The van der Waals surface area contributed by atoms with Gasteiger partial charge in [0, 0.05) is 43.8 Å². The van der Waals surface area contributed by atoms with E-state index in [2.05, 4.69) is 37.5 Å². The van der Waals surface area contributed by atoms with Crippen LogP contribution in [-0.4, -0.2) is 51.2 Å². The lowest BCUT2D eigenvalue weighted by Crippen LogP contribution is -2.33. The molecule has 0 radical (unpaired) electrons. The third-order valence-corrected chi connectivity index (χ3v) is 5.38. The summed E-state index contributed by atoms with van der Waals surface area (Å²) in [6, 6.07) is 2.12. The van der Waals surface area contributed by atoms with Crippen molar-refractivity contribution in [2.24, 2.45) is 0 Å². The van der Waals surface area contributed by atoms with Crippen molar-refractivity contribution in [3.63, 3.8) is 0 Å². The fourth-order valence-corrected chi connectivity index (χ4v) is 4.15. The molecule has 2 aromatic heterocycles. The second-order valence-electron chi connectivity index (χ2n) is 6.43. The zero-order valence-corrected chi connectivity index (χ0v) is 14.1. The number of thiazole rings is 1. The molecule has 0 amide bonds. The third kappa shape index (κ3) is 3.36. The number of hydrogen-bond donors (Lipinski definition) is 1. The van der Waals surface area contributed by atoms with Crippen LogP contribution in [0.3, 0.4) is 0 Å². The first-order valence-corrected chi connectivity index (χ1v) is 8.90. The van der Waals surface area contributed by atoms with Crippen molar-refractivity contribution in [3.8, 4) is 0 Å². The van der Waals surface area contributed by atoms with Crippen molar-refractivity contribution < 1.29 is 4.74 Å². The summed E-state index contributed by atoms with van der Waals surface area (Å²) in [5.74, 6) is 0.686. The third-order valence-electron chi connectivity index (χ3n) is 4.56. The van der Waals surface area contributed by atoms with E-state index in [-0.39, 0.29) is 5.60 Å². The van der Waals surface area contributed by atoms with E-state index in [0.717, 1.165) is 44.1 Å². The predicted octanol–water partition coefficient (Wildman–Crippen LogP) is 2.09. The lowest BCUT2D eigenvalue weighted by atomic mass is 9.97. The quantitative estimate of drug-likeness (QED) is 0.925. The number of ether oxygens (including phenoxy) is 1. The minimum atomic E-state index is -0.0164. The van der Waals surface area contributed by atoms with Crippen LogP contribution in [-0.2, 0) is 11.3 Å². The van der Waals surface area contributed by atoms with E-state index < -0.39 is 0 Å². The molecule has 4 rings (SSSR count). The monoisotopic (exact) mass is 331 g/mol. The Kier molecular flexibility index (Phi) is 4.00. The van der Waals surface area contributed by atoms with E-state index >= 15 is 0 Å². The summed E-state index contributed by atoms with van der Waals surface area (Å²) < 4.78 is 6.18. The molecule has 7 heteroatoms. The van der Waals surface area contributed by atoms with Gasteiger partial charge in [-0.1, -0.05) is 0 Å². The first-order valence-electron chi connectivity index (χ1n) is 8.02. The van der Waals surface area contributed by atoms with Crippen LogP contribution in [0.5, 0.6) is 0 Å². The van der Waals surface area contributed by atoms with Gasteiger partial charge in [-0.15, -0.1) is 11.3 Å². The summed E-state index contributed by atoms with van der Waals surface area (Å²) in [5.41, 5.74) is 1.16. The van der Waals surface area contributed by atoms with Crippen molar-refractivity contribution in [1.29, 1.82) is 0 Å². The van der Waals surface area contributed by atoms with Gasteiger partial charge in [0.1, 0.15) is 0 Å². The molecular formula is C16H21N5OS. The van der Waals surface area contributed by atoms with Gasteiger partial charge in [0.25, 0.3) is 0 Å². The maximum atomic E-state index is 6.18. The first kappa shape index (κ1) is 15.0. The molecule has 1 spiro atoms. The molecule has 2 aliphatic rings. The molecule has 2 aromatic rings. The minimum absolute atomic E-state index is 0.0164. The van der Waals surface area contributed by atoms with Crippen molar-refractivity contribution >= 4 is 17.3 Å². The number of anilines is 1. The normalized spacial score (nSPS) is 27.8. The molecule has 0 bridgehead atoms. The van der Waals surface area contributed by atoms with Gasteiger partial charge in [0.05, 0.1) is 29.0 Å². The van der Waals surface area contributed by atoms with Crippen LogP contribution in [0, 0.1) is 6.92 Å². The molecule has 6 nitrogen and oxygen atoms in total. The zero-order chi connectivity index (χ0) is 15.7. The molecule has 2 atom stereocenters. The Morgan fingerprint density at radius 3 is 3.09 bits per heavy atom. The fourth-order valence-electron chi connectivity index (χ4n) is 3.55. The number of nitrogens with zero attached hydrogens (tertiary/aromatic N) is 4. The van der Waals surface area contributed by atoms with Crippen LogP contribution in [0.25, 0.3) is 0 Å².